The summed E-state index contributed by atoms with van der Waals surface area (Å²) < 4.78 is 22.2. The van der Waals surface area contributed by atoms with Crippen molar-refractivity contribution in [3.8, 4) is 0 Å². The summed E-state index contributed by atoms with van der Waals surface area (Å²) in [6.45, 7) is 4.23. The quantitative estimate of drug-likeness (QED) is 0.321. The molecule has 0 aliphatic rings. The molecule has 0 radical (unpaired) electrons. The number of alkyl halides is 2. The molecule has 0 saturated heterocycles. The van der Waals surface area contributed by atoms with Crippen molar-refractivity contribution in [2.45, 2.75) is 25.7 Å². The molecule has 0 heterocycles. The van der Waals surface area contributed by atoms with Gasteiger partial charge >= 0.3 is 7.60 Å². The zero-order valence-electron chi connectivity index (χ0n) is 9.37. The largest absolute Gasteiger partial charge is 0.353 e. The molecule has 0 aromatic carbocycles. The van der Waals surface area contributed by atoms with E-state index < -0.39 is 7.60 Å². The van der Waals surface area contributed by atoms with Gasteiger partial charge in [-0.3, -0.25) is 4.57 Å². The predicted octanol–water partition coefficient (Wildman–Crippen LogP) is 4.39. The first-order valence-electron chi connectivity index (χ1n) is 5.33. The maximum Gasteiger partial charge on any atom is 0.353 e. The minimum Gasteiger partial charge on any atom is -0.306 e. The summed E-state index contributed by atoms with van der Waals surface area (Å²) in [5.41, 5.74) is 0. The first kappa shape index (κ1) is 16.5. The number of unbranched alkanes of at least 4 members (excludes halogenated alkanes) is 2. The molecule has 0 aliphatic carbocycles. The fourth-order valence-electron chi connectivity index (χ4n) is 0.919. The Kier molecular flexibility index (Phi) is 10.9. The van der Waals surface area contributed by atoms with Crippen LogP contribution in [0.1, 0.15) is 25.7 Å². The topological polar surface area (TPSA) is 35.5 Å². The zero-order valence-corrected chi connectivity index (χ0v) is 11.8. The summed E-state index contributed by atoms with van der Waals surface area (Å²) >= 11 is 11.0. The van der Waals surface area contributed by atoms with Gasteiger partial charge in [-0.05, 0) is 25.7 Å². The van der Waals surface area contributed by atoms with Crippen LogP contribution in [-0.2, 0) is 13.6 Å². The van der Waals surface area contributed by atoms with Crippen LogP contribution in [0.4, 0.5) is 0 Å². The van der Waals surface area contributed by atoms with E-state index in [4.69, 9.17) is 32.2 Å². The van der Waals surface area contributed by atoms with E-state index in [0.29, 0.717) is 25.0 Å². The molecule has 0 atom stereocenters. The highest BCUT2D eigenvalue weighted by Crippen LogP contribution is 2.49. The molecule has 3 nitrogen and oxygen atoms in total. The van der Waals surface area contributed by atoms with Gasteiger partial charge in [0.15, 0.2) is 0 Å². The molecule has 0 bridgehead atoms. The molecule has 0 aromatic heterocycles. The van der Waals surface area contributed by atoms with E-state index in [1.165, 1.54) is 5.82 Å². The van der Waals surface area contributed by atoms with Gasteiger partial charge < -0.3 is 9.05 Å². The number of hydrogen-bond acceptors (Lipinski definition) is 3. The lowest BCUT2D eigenvalue weighted by atomic mass is 10.4. The summed E-state index contributed by atoms with van der Waals surface area (Å²) in [4.78, 5) is 0. The van der Waals surface area contributed by atoms with Crippen LogP contribution in [0, 0.1) is 0 Å². The Hall–Kier alpha value is 0.470. The summed E-state index contributed by atoms with van der Waals surface area (Å²) in [5, 5.41) is 0. The van der Waals surface area contributed by atoms with Gasteiger partial charge in [0.1, 0.15) is 0 Å². The average Bonchev–Trinajstić information content (AvgIpc) is 2.31. The maximum absolute atomic E-state index is 11.9. The number of hydrogen-bond donors (Lipinski definition) is 0. The average molecular weight is 289 g/mol. The van der Waals surface area contributed by atoms with Crippen molar-refractivity contribution in [3.63, 3.8) is 0 Å². The van der Waals surface area contributed by atoms with E-state index in [-0.39, 0.29) is 0 Å². The van der Waals surface area contributed by atoms with Gasteiger partial charge in [-0.25, -0.2) is 0 Å². The van der Waals surface area contributed by atoms with Crippen molar-refractivity contribution in [2.75, 3.05) is 25.0 Å². The van der Waals surface area contributed by atoms with E-state index in [2.05, 4.69) is 6.58 Å². The fourth-order valence-corrected chi connectivity index (χ4v) is 2.35. The van der Waals surface area contributed by atoms with Crippen LogP contribution < -0.4 is 0 Å². The lowest BCUT2D eigenvalue weighted by Crippen LogP contribution is -1.98. The molecule has 0 aromatic rings. The second-order valence-electron chi connectivity index (χ2n) is 3.18. The Balaban J connectivity index is 3.73. The first-order valence-corrected chi connectivity index (χ1v) is 8.01. The minimum absolute atomic E-state index is 0.380. The summed E-state index contributed by atoms with van der Waals surface area (Å²) in [6, 6.07) is 0. The predicted molar refractivity (Wildman–Crippen MR) is 69.6 cm³/mol. The smallest absolute Gasteiger partial charge is 0.306 e. The second-order valence-corrected chi connectivity index (χ2v) is 5.90. The monoisotopic (exact) mass is 288 g/mol. The van der Waals surface area contributed by atoms with E-state index in [9.17, 15) is 4.57 Å². The zero-order chi connectivity index (χ0) is 12.3. The molecule has 0 rings (SSSR count). The van der Waals surface area contributed by atoms with Gasteiger partial charge in [0.2, 0.25) is 0 Å². The first-order chi connectivity index (χ1) is 7.68. The number of halogens is 2. The molecule has 6 heteroatoms. The standard InChI is InChI=1S/C10H19Cl2O3P/c1-2-16(13,14-9-5-3-7-11)15-10-6-4-8-12/h2H,1,3-10H2. The molecule has 0 amide bonds. The van der Waals surface area contributed by atoms with Gasteiger partial charge in [0.05, 0.1) is 13.2 Å². The fraction of sp³-hybridized carbons (Fsp3) is 0.800. The van der Waals surface area contributed by atoms with E-state index in [1.54, 1.807) is 0 Å². The highest BCUT2D eigenvalue weighted by atomic mass is 35.5. The molecule has 0 N–H and O–H groups in total. The molecule has 0 spiro atoms. The summed E-state index contributed by atoms with van der Waals surface area (Å²) in [6.07, 6.45) is 3.22. The third-order valence-corrected chi connectivity index (χ3v) is 3.89. The molecule has 0 fully saturated rings. The van der Waals surface area contributed by atoms with E-state index in [1.807, 2.05) is 0 Å². The van der Waals surface area contributed by atoms with Crippen molar-refractivity contribution < 1.29 is 13.6 Å². The maximum atomic E-state index is 11.9. The SMILES string of the molecule is C=CP(=O)(OCCCCCl)OCCCCCl. The molecule has 96 valence electrons. The van der Waals surface area contributed by atoms with Crippen molar-refractivity contribution >= 4 is 30.8 Å². The third kappa shape index (κ3) is 8.60. The van der Waals surface area contributed by atoms with Crippen LogP contribution in [0.3, 0.4) is 0 Å². The molecular weight excluding hydrogens is 270 g/mol. The van der Waals surface area contributed by atoms with Crippen molar-refractivity contribution in [1.29, 1.82) is 0 Å². The molecule has 0 unspecified atom stereocenters. The highest BCUT2D eigenvalue weighted by Gasteiger charge is 2.18. The van der Waals surface area contributed by atoms with Gasteiger partial charge in [0.25, 0.3) is 0 Å². The summed E-state index contributed by atoms with van der Waals surface area (Å²) in [5.74, 6) is 2.41. The van der Waals surface area contributed by atoms with Gasteiger partial charge in [-0.1, -0.05) is 6.58 Å². The summed E-state index contributed by atoms with van der Waals surface area (Å²) in [7, 11) is -3.10. The lowest BCUT2D eigenvalue weighted by Gasteiger charge is -2.14. The minimum atomic E-state index is -3.10. The van der Waals surface area contributed by atoms with Crippen LogP contribution in [0.15, 0.2) is 12.4 Å². The van der Waals surface area contributed by atoms with Crippen molar-refractivity contribution in [3.05, 3.63) is 12.4 Å². The normalized spacial score (nSPS) is 11.6. The van der Waals surface area contributed by atoms with Crippen LogP contribution in [0.25, 0.3) is 0 Å². The van der Waals surface area contributed by atoms with Crippen molar-refractivity contribution in [2.24, 2.45) is 0 Å². The Bertz CT molecular complexity index is 208. The Morgan fingerprint density at radius 2 is 1.44 bits per heavy atom. The van der Waals surface area contributed by atoms with E-state index >= 15 is 0 Å². The van der Waals surface area contributed by atoms with Gasteiger partial charge in [0, 0.05) is 17.6 Å². The van der Waals surface area contributed by atoms with Crippen LogP contribution in [-0.4, -0.2) is 25.0 Å². The molecule has 16 heavy (non-hydrogen) atoms. The van der Waals surface area contributed by atoms with Gasteiger partial charge in [-0.2, -0.15) is 0 Å². The molecule has 0 aliphatic heterocycles. The molecular formula is C10H19Cl2O3P. The van der Waals surface area contributed by atoms with E-state index in [0.717, 1.165) is 25.7 Å². The lowest BCUT2D eigenvalue weighted by molar-refractivity contribution is 0.208. The van der Waals surface area contributed by atoms with Crippen molar-refractivity contribution in [1.82, 2.24) is 0 Å². The van der Waals surface area contributed by atoms with Crippen LogP contribution in [0.5, 0.6) is 0 Å². The third-order valence-electron chi connectivity index (χ3n) is 1.82. The molecule has 0 saturated carbocycles. The number of rotatable bonds is 11. The second kappa shape index (κ2) is 10.6. The Morgan fingerprint density at radius 3 is 1.75 bits per heavy atom. The van der Waals surface area contributed by atoms with Gasteiger partial charge in [-0.15, -0.1) is 23.2 Å². The Morgan fingerprint density at radius 1 is 1.00 bits per heavy atom. The van der Waals surface area contributed by atoms with Crippen LogP contribution in [0.2, 0.25) is 0 Å². The Labute approximate surface area is 108 Å². The highest BCUT2D eigenvalue weighted by molar-refractivity contribution is 7.57. The van der Waals surface area contributed by atoms with Crippen LogP contribution >= 0.6 is 30.8 Å².